The van der Waals surface area contributed by atoms with Crippen molar-refractivity contribution in [3.8, 4) is 0 Å². The Bertz CT molecular complexity index is 2360. The van der Waals surface area contributed by atoms with Crippen molar-refractivity contribution in [1.29, 1.82) is 0 Å². The largest absolute Gasteiger partial charge is 0.379 e. The fourth-order valence-corrected chi connectivity index (χ4v) is 10.1. The van der Waals surface area contributed by atoms with Crippen LogP contribution in [0.25, 0.3) is 0 Å². The van der Waals surface area contributed by atoms with E-state index in [1.807, 2.05) is 24.5 Å². The molecule has 30 heteroatoms. The zero-order chi connectivity index (χ0) is 66.9. The summed E-state index contributed by atoms with van der Waals surface area (Å²) in [5.74, 6) is -4.93. The Kier molecular flexibility index (Phi) is 46.2. The minimum atomic E-state index is -4.58. The average Bonchev–Trinajstić information content (AvgIpc) is 2.11. The average molecular weight is 1330 g/mol. The Morgan fingerprint density at radius 3 is 1.65 bits per heavy atom. The molecule has 0 aliphatic carbocycles. The highest BCUT2D eigenvalue weighted by atomic mass is 32.1. The number of nitrogens with two attached hydrogens (primary N) is 2. The van der Waals surface area contributed by atoms with Crippen molar-refractivity contribution in [1.82, 2.24) is 41.5 Å². The molecular weight excluding hydrogens is 1220 g/mol. The standard InChI is InChI=1S/C61H107N10O18PS/c1-46(2)40-52(68-55(73)19-13-14-21-65-54(72)20-24-82-26-28-84-30-32-86-34-36-88-38-39-89-37-35-87-33-31-85-29-27-83-25-22-66-59(76)51(62)44-91)61(78)69-53(60(77)67-48(4)58(75)70-56(57(63)74)47(3)43-90(79,80)81)41-50-42-64-45-71(50)23-15-8-6-5-7-10-16-49-17-11-9-12-18-49/h9,11-12,17-18,42,45-48,51-53,56,91H,5-8,10,13-16,19-41,43-44,62H2,1-4H3,(H2,63,74)(H,65,72)(H,66,76)(H,67,77)(H,68,73)(H,69,78)(H,70,75)(H2,79,80,81). The molecule has 0 spiro atoms. The Labute approximate surface area is 542 Å². The van der Waals surface area contributed by atoms with Crippen LogP contribution in [0, 0.1) is 11.8 Å². The Morgan fingerprint density at radius 1 is 0.582 bits per heavy atom. The number of carbonyl (C=O) groups is 7. The van der Waals surface area contributed by atoms with Gasteiger partial charge in [-0.05, 0) is 62.8 Å². The van der Waals surface area contributed by atoms with E-state index in [4.69, 9.17) is 49.4 Å². The van der Waals surface area contributed by atoms with Gasteiger partial charge in [-0.15, -0.1) is 0 Å². The van der Waals surface area contributed by atoms with E-state index in [0.29, 0.717) is 137 Å². The monoisotopic (exact) mass is 1330 g/mol. The number of unbranched alkanes of at least 4 members (excludes halogenated alkanes) is 6. The van der Waals surface area contributed by atoms with Crippen LogP contribution >= 0.6 is 20.2 Å². The molecule has 6 atom stereocenters. The van der Waals surface area contributed by atoms with Crippen molar-refractivity contribution >= 4 is 61.6 Å². The first kappa shape index (κ1) is 82.0. The predicted molar refractivity (Wildman–Crippen MR) is 345 cm³/mol. The number of hydrogen-bond donors (Lipinski definition) is 11. The summed E-state index contributed by atoms with van der Waals surface area (Å²) in [5, 5.41) is 16.1. The van der Waals surface area contributed by atoms with Gasteiger partial charge in [-0.1, -0.05) is 76.8 Å². The summed E-state index contributed by atoms with van der Waals surface area (Å²) in [5.41, 5.74) is 13.0. The number of imidazole rings is 1. The summed E-state index contributed by atoms with van der Waals surface area (Å²) in [4.78, 5) is 114. The number of amides is 7. The lowest BCUT2D eigenvalue weighted by atomic mass is 10.0. The first-order valence-electron chi connectivity index (χ1n) is 31.8. The third-order valence-electron chi connectivity index (χ3n) is 13.9. The molecule has 1 aromatic carbocycles. The molecule has 0 radical (unpaired) electrons. The molecule has 0 fully saturated rings. The second-order valence-electron chi connectivity index (χ2n) is 22.4. The lowest BCUT2D eigenvalue weighted by molar-refractivity contribution is -0.134. The summed E-state index contributed by atoms with van der Waals surface area (Å²) in [7, 11) is -4.58. The SMILES string of the molecule is CC(C)CC(NC(=O)CCCCNC(=O)CCOCCOCCOCCOCCOCCOCCOCCOCCNC(=O)C(N)CS)C(=O)NC(Cc1cncn1CCCCCCCCc1ccccc1)C(=O)NC(C)C(=O)NC(C(N)=O)C(C)CP(=O)(O)O. The number of nitrogens with one attached hydrogen (secondary N) is 6. The topological polar surface area (TPSA) is 393 Å². The molecule has 1 heterocycles. The number of aromatic nitrogens is 2. The quantitative estimate of drug-likeness (QED) is 0.0254. The molecule has 0 aliphatic rings. The van der Waals surface area contributed by atoms with Crippen LogP contribution in [-0.4, -0.2) is 222 Å². The Balaban J connectivity index is 1.68. The number of hydrogen-bond acceptors (Lipinski definition) is 19. The minimum Gasteiger partial charge on any atom is -0.379 e. The minimum absolute atomic E-state index is 0.0318. The number of primary amides is 1. The summed E-state index contributed by atoms with van der Waals surface area (Å²) < 4.78 is 57.5. The molecule has 0 aliphatic heterocycles. The van der Waals surface area contributed by atoms with Gasteiger partial charge in [-0.25, -0.2) is 4.98 Å². The fourth-order valence-electron chi connectivity index (χ4n) is 8.97. The zero-order valence-corrected chi connectivity index (χ0v) is 55.8. The lowest BCUT2D eigenvalue weighted by Gasteiger charge is -2.27. The van der Waals surface area contributed by atoms with Crippen molar-refractivity contribution in [2.75, 3.05) is 131 Å². The smallest absolute Gasteiger partial charge is 0.325 e. The highest BCUT2D eigenvalue weighted by Gasteiger charge is 2.34. The van der Waals surface area contributed by atoms with Gasteiger partial charge in [0.2, 0.25) is 41.4 Å². The molecule has 91 heavy (non-hydrogen) atoms. The zero-order valence-electron chi connectivity index (χ0n) is 54.0. The van der Waals surface area contributed by atoms with Gasteiger partial charge in [0.25, 0.3) is 0 Å². The van der Waals surface area contributed by atoms with E-state index in [0.717, 1.165) is 44.9 Å². The Hall–Kier alpha value is -5.14. The highest BCUT2D eigenvalue weighted by molar-refractivity contribution is 7.80. The molecule has 0 bridgehead atoms. The van der Waals surface area contributed by atoms with Crippen LogP contribution in [0.15, 0.2) is 42.9 Å². The van der Waals surface area contributed by atoms with Crippen molar-refractivity contribution in [2.24, 2.45) is 23.3 Å². The van der Waals surface area contributed by atoms with Gasteiger partial charge in [0.1, 0.15) is 24.2 Å². The molecule has 6 unspecified atom stereocenters. The number of nitrogens with zero attached hydrogens (tertiary/aromatic N) is 2. The van der Waals surface area contributed by atoms with E-state index in [1.165, 1.54) is 19.4 Å². The molecule has 520 valence electrons. The number of carbonyl (C=O) groups excluding carboxylic acids is 7. The molecule has 2 rings (SSSR count). The van der Waals surface area contributed by atoms with Gasteiger partial charge >= 0.3 is 7.60 Å². The van der Waals surface area contributed by atoms with Crippen molar-refractivity contribution in [3.63, 3.8) is 0 Å². The van der Waals surface area contributed by atoms with E-state index in [2.05, 4.69) is 73.8 Å². The first-order valence-corrected chi connectivity index (χ1v) is 34.2. The molecule has 7 amide bonds. The van der Waals surface area contributed by atoms with Gasteiger partial charge in [0.05, 0.1) is 124 Å². The van der Waals surface area contributed by atoms with Gasteiger partial charge in [-0.3, -0.25) is 38.1 Å². The van der Waals surface area contributed by atoms with Crippen LogP contribution in [-0.2, 0) is 95.4 Å². The summed E-state index contributed by atoms with van der Waals surface area (Å²) >= 11 is 3.99. The van der Waals surface area contributed by atoms with Crippen LogP contribution in [0.1, 0.15) is 110 Å². The molecule has 12 N–H and O–H groups in total. The van der Waals surface area contributed by atoms with Crippen LogP contribution in [0.5, 0.6) is 0 Å². The molecular formula is C61H107N10O18PS. The lowest BCUT2D eigenvalue weighted by Crippen LogP contribution is -2.58. The van der Waals surface area contributed by atoms with E-state index in [-0.39, 0.29) is 55.8 Å². The molecule has 0 saturated carbocycles. The summed E-state index contributed by atoms with van der Waals surface area (Å²) in [6, 6.07) is 4.73. The summed E-state index contributed by atoms with van der Waals surface area (Å²) in [6.45, 7) is 13.9. The normalized spacial score (nSPS) is 13.6. The second kappa shape index (κ2) is 51.3. The van der Waals surface area contributed by atoms with E-state index in [1.54, 1.807) is 12.5 Å². The number of benzene rings is 1. The van der Waals surface area contributed by atoms with Crippen molar-refractivity contribution in [2.45, 2.75) is 148 Å². The second-order valence-corrected chi connectivity index (χ2v) is 24.5. The van der Waals surface area contributed by atoms with E-state index < -0.39 is 79.4 Å². The van der Waals surface area contributed by atoms with Gasteiger partial charge in [0.15, 0.2) is 0 Å². The number of ether oxygens (including phenoxy) is 8. The van der Waals surface area contributed by atoms with Crippen LogP contribution in [0.3, 0.4) is 0 Å². The summed E-state index contributed by atoms with van der Waals surface area (Å²) in [6.07, 6.45) is 11.1. The highest BCUT2D eigenvalue weighted by Crippen LogP contribution is 2.37. The number of aryl methyl sites for hydroxylation is 2. The Morgan fingerprint density at radius 2 is 1.11 bits per heavy atom. The fraction of sp³-hybridized carbons (Fsp3) is 0.738. The van der Waals surface area contributed by atoms with E-state index in [9.17, 15) is 47.9 Å². The number of rotatable bonds is 58. The maximum absolute atomic E-state index is 14.1. The third kappa shape index (κ3) is 42.7. The van der Waals surface area contributed by atoms with Gasteiger partial charge in [-0.2, -0.15) is 12.6 Å². The third-order valence-corrected chi connectivity index (χ3v) is 15.4. The maximum Gasteiger partial charge on any atom is 0.325 e. The van der Waals surface area contributed by atoms with Crippen molar-refractivity contribution in [3.05, 3.63) is 54.1 Å². The predicted octanol–water partition coefficient (Wildman–Crippen LogP) is 1.50. The molecule has 28 nitrogen and oxygen atoms in total. The van der Waals surface area contributed by atoms with Crippen molar-refractivity contribution < 1.29 is 85.8 Å². The first-order chi connectivity index (χ1) is 43.7. The van der Waals surface area contributed by atoms with Gasteiger partial charge < -0.3 is 95.6 Å². The molecule has 0 saturated heterocycles. The maximum atomic E-state index is 14.1. The molecule has 1 aromatic heterocycles. The molecule has 2 aromatic rings. The van der Waals surface area contributed by atoms with Crippen LogP contribution < -0.4 is 43.4 Å². The number of thiol groups is 1. The van der Waals surface area contributed by atoms with E-state index >= 15 is 0 Å². The van der Waals surface area contributed by atoms with Gasteiger partial charge in [0, 0.05) is 56.5 Å². The van der Waals surface area contributed by atoms with Crippen LogP contribution in [0.4, 0.5) is 0 Å². The van der Waals surface area contributed by atoms with Crippen LogP contribution in [0.2, 0.25) is 0 Å².